The molecule has 38 heavy (non-hydrogen) atoms. The van der Waals surface area contributed by atoms with Crippen LogP contribution in [0.4, 0.5) is 0 Å². The molecule has 0 aromatic heterocycles. The van der Waals surface area contributed by atoms with E-state index in [2.05, 4.69) is 12.1 Å². The minimum atomic E-state index is -0.610. The van der Waals surface area contributed by atoms with Crippen LogP contribution in [0.5, 0.6) is 5.75 Å². The van der Waals surface area contributed by atoms with E-state index < -0.39 is 5.41 Å². The standard InChI is InChI=1S/C32H41N3O3/c33-29-22-32(27-12-6-2-7-13-27,19-16-25-10-4-1-5-11-25)31(37)35(29)23-26-17-20-34(21-18-26)30(36)24-38-28-14-8-3-9-15-28/h2-3,6-9,12-15,25-26,33H,1,4-5,10-11,16-24H2. The van der Waals surface area contributed by atoms with Gasteiger partial charge in [0.05, 0.1) is 5.41 Å². The summed E-state index contributed by atoms with van der Waals surface area (Å²) in [4.78, 5) is 30.4. The summed E-state index contributed by atoms with van der Waals surface area (Å²) in [5.41, 5.74) is 0.452. The summed E-state index contributed by atoms with van der Waals surface area (Å²) in [5.74, 6) is 2.27. The highest BCUT2D eigenvalue weighted by molar-refractivity contribution is 6.10. The molecule has 3 aliphatic rings. The van der Waals surface area contributed by atoms with Crippen molar-refractivity contribution in [2.75, 3.05) is 26.2 Å². The topological polar surface area (TPSA) is 73.7 Å². The molecule has 2 amide bonds. The summed E-state index contributed by atoms with van der Waals surface area (Å²) in [7, 11) is 0. The van der Waals surface area contributed by atoms with Gasteiger partial charge in [-0.15, -0.1) is 0 Å². The van der Waals surface area contributed by atoms with Crippen LogP contribution < -0.4 is 4.74 Å². The van der Waals surface area contributed by atoms with Crippen LogP contribution in [0.15, 0.2) is 60.7 Å². The molecule has 0 bridgehead atoms. The second kappa shape index (κ2) is 12.1. The van der Waals surface area contributed by atoms with Crippen LogP contribution in [0.1, 0.15) is 69.8 Å². The van der Waals surface area contributed by atoms with Gasteiger partial charge < -0.3 is 9.64 Å². The molecule has 0 spiro atoms. The predicted octanol–water partition coefficient (Wildman–Crippen LogP) is 5.81. The zero-order valence-corrected chi connectivity index (χ0v) is 22.4. The lowest BCUT2D eigenvalue weighted by Gasteiger charge is -2.35. The van der Waals surface area contributed by atoms with Crippen molar-refractivity contribution in [3.63, 3.8) is 0 Å². The number of para-hydroxylation sites is 1. The van der Waals surface area contributed by atoms with Gasteiger partial charge in [0.2, 0.25) is 5.91 Å². The van der Waals surface area contributed by atoms with E-state index in [1.807, 2.05) is 53.4 Å². The summed E-state index contributed by atoms with van der Waals surface area (Å²) in [5, 5.41) is 8.85. The van der Waals surface area contributed by atoms with Crippen molar-refractivity contribution < 1.29 is 14.3 Å². The van der Waals surface area contributed by atoms with Crippen molar-refractivity contribution in [3.8, 4) is 5.75 Å². The number of ether oxygens (including phenoxy) is 1. The third-order valence-electron chi connectivity index (χ3n) is 8.99. The molecular weight excluding hydrogens is 474 g/mol. The van der Waals surface area contributed by atoms with Crippen LogP contribution >= 0.6 is 0 Å². The Morgan fingerprint density at radius 2 is 1.55 bits per heavy atom. The molecule has 1 saturated carbocycles. The van der Waals surface area contributed by atoms with Gasteiger partial charge in [-0.05, 0) is 55.2 Å². The first-order valence-electron chi connectivity index (χ1n) is 14.5. The first-order chi connectivity index (χ1) is 18.5. The van der Waals surface area contributed by atoms with Gasteiger partial charge in [0.1, 0.15) is 11.6 Å². The molecular formula is C32H41N3O3. The molecule has 202 valence electrons. The van der Waals surface area contributed by atoms with E-state index in [0.29, 0.717) is 49.5 Å². The van der Waals surface area contributed by atoms with Crippen LogP contribution in [0.2, 0.25) is 0 Å². The Hall–Kier alpha value is -3.15. The Morgan fingerprint density at radius 1 is 0.895 bits per heavy atom. The van der Waals surface area contributed by atoms with Crippen molar-refractivity contribution >= 4 is 17.6 Å². The molecule has 2 heterocycles. The Kier molecular flexibility index (Phi) is 8.45. The summed E-state index contributed by atoms with van der Waals surface area (Å²) in [6.45, 7) is 1.97. The van der Waals surface area contributed by atoms with Crippen LogP contribution in [0, 0.1) is 17.2 Å². The fourth-order valence-corrected chi connectivity index (χ4v) is 6.66. The Balaban J connectivity index is 1.19. The number of likely N-dealkylation sites (tertiary alicyclic amines) is 2. The first kappa shape index (κ1) is 26.5. The number of amides is 2. The summed E-state index contributed by atoms with van der Waals surface area (Å²) < 4.78 is 5.64. The summed E-state index contributed by atoms with van der Waals surface area (Å²) in [6.07, 6.45) is 10.6. The van der Waals surface area contributed by atoms with Gasteiger partial charge in [0, 0.05) is 26.1 Å². The minimum Gasteiger partial charge on any atom is -0.484 e. The Morgan fingerprint density at radius 3 is 2.24 bits per heavy atom. The van der Waals surface area contributed by atoms with Crippen molar-refractivity contribution in [3.05, 3.63) is 66.2 Å². The molecule has 6 nitrogen and oxygen atoms in total. The van der Waals surface area contributed by atoms with E-state index in [4.69, 9.17) is 10.1 Å². The van der Waals surface area contributed by atoms with Crippen molar-refractivity contribution in [2.45, 2.75) is 69.6 Å². The highest BCUT2D eigenvalue weighted by Crippen LogP contribution is 2.43. The quantitative estimate of drug-likeness (QED) is 0.458. The van der Waals surface area contributed by atoms with E-state index in [0.717, 1.165) is 31.2 Å². The lowest BCUT2D eigenvalue weighted by molar-refractivity contribution is -0.136. The Labute approximate surface area is 226 Å². The Bertz CT molecular complexity index is 1090. The number of rotatable bonds is 9. The van der Waals surface area contributed by atoms with Crippen molar-refractivity contribution in [1.82, 2.24) is 9.80 Å². The number of carbonyl (C=O) groups excluding carboxylic acids is 2. The monoisotopic (exact) mass is 515 g/mol. The van der Waals surface area contributed by atoms with Gasteiger partial charge in [0.15, 0.2) is 6.61 Å². The van der Waals surface area contributed by atoms with Crippen LogP contribution in [0.25, 0.3) is 0 Å². The number of piperidine rings is 1. The average Bonchev–Trinajstić information content (AvgIpc) is 3.22. The highest BCUT2D eigenvalue weighted by atomic mass is 16.5. The molecule has 6 heteroatoms. The second-order valence-electron chi connectivity index (χ2n) is 11.5. The first-order valence-corrected chi connectivity index (χ1v) is 14.5. The van der Waals surface area contributed by atoms with Crippen LogP contribution in [-0.4, -0.2) is 53.7 Å². The van der Waals surface area contributed by atoms with Gasteiger partial charge in [-0.3, -0.25) is 19.9 Å². The third-order valence-corrected chi connectivity index (χ3v) is 8.99. The normalized spacial score (nSPS) is 23.2. The van der Waals surface area contributed by atoms with E-state index >= 15 is 0 Å². The summed E-state index contributed by atoms with van der Waals surface area (Å²) in [6, 6.07) is 19.6. The fraction of sp³-hybridized carbons (Fsp3) is 0.531. The maximum Gasteiger partial charge on any atom is 0.260 e. The smallest absolute Gasteiger partial charge is 0.260 e. The highest BCUT2D eigenvalue weighted by Gasteiger charge is 2.51. The second-order valence-corrected chi connectivity index (χ2v) is 11.5. The SMILES string of the molecule is N=C1CC(CCC2CCCCC2)(c2ccccc2)C(=O)N1CC1CCN(C(=O)COc2ccccc2)CC1. The largest absolute Gasteiger partial charge is 0.484 e. The third kappa shape index (κ3) is 5.95. The van der Waals surface area contributed by atoms with Gasteiger partial charge in [-0.25, -0.2) is 0 Å². The molecule has 1 aliphatic carbocycles. The van der Waals surface area contributed by atoms with Gasteiger partial charge >= 0.3 is 0 Å². The van der Waals surface area contributed by atoms with Crippen molar-refractivity contribution in [1.29, 1.82) is 5.41 Å². The number of carbonyl (C=O) groups is 2. The van der Waals surface area contributed by atoms with Crippen molar-refractivity contribution in [2.24, 2.45) is 11.8 Å². The van der Waals surface area contributed by atoms with Crippen LogP contribution in [0.3, 0.4) is 0 Å². The molecule has 1 unspecified atom stereocenters. The molecule has 0 radical (unpaired) electrons. The molecule has 3 fully saturated rings. The number of nitrogens with zero attached hydrogens (tertiary/aromatic N) is 2. The number of hydrogen-bond donors (Lipinski definition) is 1. The van der Waals surface area contributed by atoms with E-state index in [-0.39, 0.29) is 18.4 Å². The number of hydrogen-bond acceptors (Lipinski definition) is 4. The summed E-state index contributed by atoms with van der Waals surface area (Å²) >= 11 is 0. The molecule has 1 N–H and O–H groups in total. The predicted molar refractivity (Wildman–Crippen MR) is 149 cm³/mol. The molecule has 2 aromatic rings. The number of nitrogens with one attached hydrogen (secondary N) is 1. The molecule has 5 rings (SSSR count). The molecule has 1 atom stereocenters. The fourth-order valence-electron chi connectivity index (χ4n) is 6.66. The van der Waals surface area contributed by atoms with E-state index in [1.165, 1.54) is 32.1 Å². The lowest BCUT2D eigenvalue weighted by atomic mass is 9.72. The molecule has 2 aliphatic heterocycles. The molecule has 2 saturated heterocycles. The van der Waals surface area contributed by atoms with Gasteiger partial charge in [-0.1, -0.05) is 80.6 Å². The number of amidine groups is 1. The average molecular weight is 516 g/mol. The minimum absolute atomic E-state index is 0.00287. The van der Waals surface area contributed by atoms with E-state index in [9.17, 15) is 9.59 Å². The van der Waals surface area contributed by atoms with E-state index in [1.54, 1.807) is 4.90 Å². The maximum atomic E-state index is 14.1. The van der Waals surface area contributed by atoms with Gasteiger partial charge in [0.25, 0.3) is 5.91 Å². The lowest BCUT2D eigenvalue weighted by Crippen LogP contribution is -2.45. The number of benzene rings is 2. The molecule has 2 aromatic carbocycles. The van der Waals surface area contributed by atoms with Crippen LogP contribution in [-0.2, 0) is 15.0 Å². The zero-order valence-electron chi connectivity index (χ0n) is 22.4. The van der Waals surface area contributed by atoms with Gasteiger partial charge in [-0.2, -0.15) is 0 Å². The maximum absolute atomic E-state index is 14.1. The zero-order chi connectivity index (χ0) is 26.4.